The standard InChI is InChI=1S/C38H50N2O5/c1-29-35(43-27-32-16-10-6-11-17-32)36(44-28-33-18-12-7-13-19-33)34(42-26-31-14-8-5-9-15-31)25-40(29)24-30-20-22-39(23-21-30)37(41)45-38(2,3)4/h5-19,29-30,34-36H,20-28H2,1-4H3/t29-,34+,35-,36-/m1/s1. The molecule has 45 heavy (non-hydrogen) atoms. The number of rotatable bonds is 11. The van der Waals surface area contributed by atoms with E-state index in [9.17, 15) is 4.79 Å². The summed E-state index contributed by atoms with van der Waals surface area (Å²) in [6.07, 6.45) is 1.08. The van der Waals surface area contributed by atoms with E-state index in [1.54, 1.807) is 0 Å². The molecule has 7 heteroatoms. The molecule has 0 aromatic heterocycles. The lowest BCUT2D eigenvalue weighted by Crippen LogP contribution is -2.63. The number of ether oxygens (including phenoxy) is 4. The molecule has 7 nitrogen and oxygen atoms in total. The molecule has 2 heterocycles. The molecule has 2 aliphatic heterocycles. The molecule has 2 saturated heterocycles. The van der Waals surface area contributed by atoms with Gasteiger partial charge in [-0.15, -0.1) is 0 Å². The molecule has 1 amide bonds. The van der Waals surface area contributed by atoms with Crippen LogP contribution in [-0.2, 0) is 38.8 Å². The molecule has 0 N–H and O–H groups in total. The molecule has 2 fully saturated rings. The summed E-state index contributed by atoms with van der Waals surface area (Å²) in [4.78, 5) is 17.1. The van der Waals surface area contributed by atoms with Crippen LogP contribution in [0, 0.1) is 5.92 Å². The Labute approximate surface area is 269 Å². The van der Waals surface area contributed by atoms with Crippen LogP contribution < -0.4 is 0 Å². The molecule has 0 saturated carbocycles. The van der Waals surface area contributed by atoms with Crippen molar-refractivity contribution in [1.29, 1.82) is 0 Å². The fourth-order valence-electron chi connectivity index (χ4n) is 6.29. The largest absolute Gasteiger partial charge is 0.444 e. The summed E-state index contributed by atoms with van der Waals surface area (Å²) in [5.41, 5.74) is 2.92. The lowest BCUT2D eigenvalue weighted by atomic mass is 9.90. The maximum absolute atomic E-state index is 12.7. The number of carbonyl (C=O) groups is 1. The van der Waals surface area contributed by atoms with Gasteiger partial charge >= 0.3 is 6.09 Å². The molecule has 0 radical (unpaired) electrons. The van der Waals surface area contributed by atoms with Gasteiger partial charge in [0.15, 0.2) is 0 Å². The van der Waals surface area contributed by atoms with Crippen molar-refractivity contribution in [2.45, 2.75) is 90.3 Å². The van der Waals surface area contributed by atoms with Crippen LogP contribution >= 0.6 is 0 Å². The van der Waals surface area contributed by atoms with Crippen molar-refractivity contribution < 1.29 is 23.7 Å². The van der Waals surface area contributed by atoms with Gasteiger partial charge in [0.25, 0.3) is 0 Å². The van der Waals surface area contributed by atoms with Crippen LogP contribution in [0.5, 0.6) is 0 Å². The quantitative estimate of drug-likeness (QED) is 0.230. The molecule has 5 rings (SSSR count). The highest BCUT2D eigenvalue weighted by Crippen LogP contribution is 2.31. The zero-order valence-corrected chi connectivity index (χ0v) is 27.3. The minimum absolute atomic E-state index is 0.120. The van der Waals surface area contributed by atoms with E-state index in [1.807, 2.05) is 80.3 Å². The Balaban J connectivity index is 1.31. The molecule has 0 aliphatic carbocycles. The number of carbonyl (C=O) groups excluding carboxylic acids is 1. The average Bonchev–Trinajstić information content (AvgIpc) is 3.04. The Bertz CT molecular complexity index is 1290. The third-order valence-corrected chi connectivity index (χ3v) is 8.79. The second kappa shape index (κ2) is 15.9. The average molecular weight is 615 g/mol. The van der Waals surface area contributed by atoms with Gasteiger partial charge in [-0.25, -0.2) is 4.79 Å². The second-order valence-electron chi connectivity index (χ2n) is 13.5. The number of benzene rings is 3. The van der Waals surface area contributed by atoms with E-state index >= 15 is 0 Å². The van der Waals surface area contributed by atoms with Crippen LogP contribution in [0.15, 0.2) is 91.0 Å². The van der Waals surface area contributed by atoms with Crippen molar-refractivity contribution in [3.05, 3.63) is 108 Å². The first kappa shape index (κ1) is 33.1. The van der Waals surface area contributed by atoms with E-state index in [2.05, 4.69) is 48.2 Å². The number of hydrogen-bond donors (Lipinski definition) is 0. The predicted molar refractivity (Wildman–Crippen MR) is 177 cm³/mol. The highest BCUT2D eigenvalue weighted by atomic mass is 16.6. The monoisotopic (exact) mass is 614 g/mol. The van der Waals surface area contributed by atoms with Crippen molar-refractivity contribution in [3.8, 4) is 0 Å². The van der Waals surface area contributed by atoms with E-state index in [-0.39, 0.29) is 30.4 Å². The van der Waals surface area contributed by atoms with E-state index in [0.29, 0.717) is 38.8 Å². The Morgan fingerprint density at radius 1 is 0.711 bits per heavy atom. The Morgan fingerprint density at radius 2 is 1.18 bits per heavy atom. The summed E-state index contributed by atoms with van der Waals surface area (Å²) in [5, 5.41) is 0. The topological polar surface area (TPSA) is 60.5 Å². The van der Waals surface area contributed by atoms with Gasteiger partial charge in [0, 0.05) is 32.2 Å². The summed E-state index contributed by atoms with van der Waals surface area (Å²) < 4.78 is 25.8. The van der Waals surface area contributed by atoms with Crippen LogP contribution in [0.3, 0.4) is 0 Å². The Morgan fingerprint density at radius 3 is 1.67 bits per heavy atom. The van der Waals surface area contributed by atoms with Crippen LogP contribution in [0.4, 0.5) is 4.79 Å². The van der Waals surface area contributed by atoms with Crippen LogP contribution in [0.1, 0.15) is 57.2 Å². The number of likely N-dealkylation sites (tertiary alicyclic amines) is 2. The first-order valence-electron chi connectivity index (χ1n) is 16.4. The van der Waals surface area contributed by atoms with Crippen molar-refractivity contribution in [2.75, 3.05) is 26.2 Å². The Kier molecular flexibility index (Phi) is 11.7. The maximum Gasteiger partial charge on any atom is 0.410 e. The van der Waals surface area contributed by atoms with Crippen molar-refractivity contribution in [3.63, 3.8) is 0 Å². The number of hydrogen-bond acceptors (Lipinski definition) is 6. The van der Waals surface area contributed by atoms with Crippen molar-refractivity contribution in [2.24, 2.45) is 5.92 Å². The third-order valence-electron chi connectivity index (χ3n) is 8.79. The number of nitrogens with zero attached hydrogens (tertiary/aromatic N) is 2. The van der Waals surface area contributed by atoms with Gasteiger partial charge in [0.2, 0.25) is 0 Å². The molecule has 0 unspecified atom stereocenters. The lowest BCUT2D eigenvalue weighted by Gasteiger charge is -2.48. The number of amides is 1. The molecule has 3 aromatic rings. The Hall–Kier alpha value is -3.23. The summed E-state index contributed by atoms with van der Waals surface area (Å²) >= 11 is 0. The fourth-order valence-corrected chi connectivity index (χ4v) is 6.29. The first-order chi connectivity index (χ1) is 21.7. The highest BCUT2D eigenvalue weighted by Gasteiger charge is 2.44. The molecular weight excluding hydrogens is 564 g/mol. The summed E-state index contributed by atoms with van der Waals surface area (Å²) in [6.45, 7) is 12.6. The van der Waals surface area contributed by atoms with Crippen molar-refractivity contribution in [1.82, 2.24) is 9.80 Å². The minimum atomic E-state index is -0.486. The van der Waals surface area contributed by atoms with Crippen LogP contribution in [0.2, 0.25) is 0 Å². The molecule has 4 atom stereocenters. The van der Waals surface area contributed by atoms with Gasteiger partial charge in [-0.2, -0.15) is 0 Å². The first-order valence-corrected chi connectivity index (χ1v) is 16.4. The maximum atomic E-state index is 12.7. The smallest absolute Gasteiger partial charge is 0.410 e. The van der Waals surface area contributed by atoms with E-state index in [0.717, 1.165) is 42.6 Å². The normalized spacial score (nSPS) is 23.2. The van der Waals surface area contributed by atoms with E-state index < -0.39 is 5.60 Å². The van der Waals surface area contributed by atoms with Gasteiger partial charge in [-0.3, -0.25) is 4.90 Å². The van der Waals surface area contributed by atoms with Gasteiger partial charge in [0.05, 0.1) is 25.9 Å². The van der Waals surface area contributed by atoms with Crippen molar-refractivity contribution >= 4 is 6.09 Å². The van der Waals surface area contributed by atoms with Gasteiger partial charge in [0.1, 0.15) is 17.8 Å². The highest BCUT2D eigenvalue weighted by molar-refractivity contribution is 5.68. The second-order valence-corrected chi connectivity index (χ2v) is 13.5. The zero-order valence-electron chi connectivity index (χ0n) is 27.3. The minimum Gasteiger partial charge on any atom is -0.444 e. The van der Waals surface area contributed by atoms with Gasteiger partial charge in [-0.1, -0.05) is 91.0 Å². The van der Waals surface area contributed by atoms with Gasteiger partial charge in [-0.05, 0) is 63.1 Å². The third kappa shape index (κ3) is 9.88. The summed E-state index contributed by atoms with van der Waals surface area (Å²) in [5.74, 6) is 0.470. The van der Waals surface area contributed by atoms with E-state index in [4.69, 9.17) is 18.9 Å². The molecule has 0 bridgehead atoms. The van der Waals surface area contributed by atoms with Crippen LogP contribution in [-0.4, -0.2) is 72.0 Å². The van der Waals surface area contributed by atoms with E-state index in [1.165, 1.54) is 0 Å². The van der Waals surface area contributed by atoms with Gasteiger partial charge < -0.3 is 23.8 Å². The zero-order chi connectivity index (χ0) is 31.6. The number of piperidine rings is 2. The molecule has 3 aromatic carbocycles. The molecule has 0 spiro atoms. The SMILES string of the molecule is C[C@@H]1[C@@H](OCc2ccccc2)[C@H](OCc2ccccc2)[C@@H](OCc2ccccc2)CN1CC1CCN(C(=O)OC(C)(C)C)CC1. The molecule has 2 aliphatic rings. The fraction of sp³-hybridized carbons (Fsp3) is 0.500. The van der Waals surface area contributed by atoms with Crippen LogP contribution in [0.25, 0.3) is 0 Å². The summed E-state index contributed by atoms with van der Waals surface area (Å²) in [6, 6.07) is 31.1. The molecular formula is C38H50N2O5. The lowest BCUT2D eigenvalue weighted by molar-refractivity contribution is -0.202. The predicted octanol–water partition coefficient (Wildman–Crippen LogP) is 7.09. The summed E-state index contributed by atoms with van der Waals surface area (Å²) in [7, 11) is 0. The molecule has 242 valence electrons.